The third-order valence-electron chi connectivity index (χ3n) is 2.58. The summed E-state index contributed by atoms with van der Waals surface area (Å²) in [5, 5.41) is 3.25. The molecular weight excluding hydrogens is 303 g/mol. The van der Waals surface area contributed by atoms with Crippen LogP contribution in [0.1, 0.15) is 19.4 Å². The summed E-state index contributed by atoms with van der Waals surface area (Å²) in [6.45, 7) is 4.60. The molecule has 1 N–H and O–H groups in total. The number of rotatable bonds is 8. The molecule has 0 saturated carbocycles. The molecule has 1 rings (SSSR count). The average molecular weight is 323 g/mol. The Morgan fingerprint density at radius 1 is 1.29 bits per heavy atom. The Hall–Kier alpha value is -1.08. The summed E-state index contributed by atoms with van der Waals surface area (Å²) < 4.78 is 46.7. The first kappa shape index (κ1) is 18.0. The molecule has 0 unspecified atom stereocenters. The van der Waals surface area contributed by atoms with Crippen molar-refractivity contribution < 1.29 is 22.6 Å². The molecule has 0 spiro atoms. The van der Waals surface area contributed by atoms with Gasteiger partial charge in [-0.2, -0.15) is 13.2 Å². The van der Waals surface area contributed by atoms with Crippen molar-refractivity contribution in [3.8, 4) is 11.5 Å². The lowest BCUT2D eigenvalue weighted by atomic mass is 10.1. The molecule has 0 aliphatic rings. The second-order valence-electron chi connectivity index (χ2n) is 4.65. The fourth-order valence-electron chi connectivity index (χ4n) is 1.58. The summed E-state index contributed by atoms with van der Waals surface area (Å²) in [4.78, 5) is 0. The molecule has 0 fully saturated rings. The van der Waals surface area contributed by atoms with Crippen molar-refractivity contribution >= 4 is 11.8 Å². The van der Waals surface area contributed by atoms with Crippen molar-refractivity contribution in [1.82, 2.24) is 5.32 Å². The van der Waals surface area contributed by atoms with Crippen LogP contribution >= 0.6 is 11.8 Å². The minimum Gasteiger partial charge on any atom is -0.497 e. The van der Waals surface area contributed by atoms with E-state index in [-0.39, 0.29) is 24.1 Å². The lowest BCUT2D eigenvalue weighted by Gasteiger charge is -2.15. The Morgan fingerprint density at radius 3 is 2.57 bits per heavy atom. The molecule has 1 aromatic carbocycles. The van der Waals surface area contributed by atoms with Crippen LogP contribution in [-0.4, -0.2) is 31.0 Å². The van der Waals surface area contributed by atoms with Crippen LogP contribution in [0, 0.1) is 0 Å². The van der Waals surface area contributed by atoms with E-state index < -0.39 is 5.51 Å². The molecule has 0 atom stereocenters. The summed E-state index contributed by atoms with van der Waals surface area (Å²) in [6, 6.07) is 5.56. The summed E-state index contributed by atoms with van der Waals surface area (Å²) >= 11 is -0.0807. The fourth-order valence-corrected chi connectivity index (χ4v) is 1.98. The molecule has 0 heterocycles. The van der Waals surface area contributed by atoms with Crippen molar-refractivity contribution in [3.05, 3.63) is 23.8 Å². The van der Waals surface area contributed by atoms with Gasteiger partial charge in [0.1, 0.15) is 11.5 Å². The van der Waals surface area contributed by atoms with Crippen LogP contribution in [0.5, 0.6) is 11.5 Å². The molecule has 21 heavy (non-hydrogen) atoms. The zero-order valence-electron chi connectivity index (χ0n) is 12.3. The summed E-state index contributed by atoms with van der Waals surface area (Å²) in [7, 11) is 1.56. The second kappa shape index (κ2) is 8.38. The van der Waals surface area contributed by atoms with Crippen molar-refractivity contribution in [1.29, 1.82) is 0 Å². The van der Waals surface area contributed by atoms with Crippen LogP contribution in [0.15, 0.2) is 18.2 Å². The van der Waals surface area contributed by atoms with Gasteiger partial charge in [0.25, 0.3) is 0 Å². The number of halogens is 3. The molecular formula is C14H20F3NO2S. The van der Waals surface area contributed by atoms with Gasteiger partial charge in [-0.05, 0) is 30.0 Å². The monoisotopic (exact) mass is 323 g/mol. The Balaban J connectivity index is 2.62. The van der Waals surface area contributed by atoms with Gasteiger partial charge < -0.3 is 14.8 Å². The Kier molecular flexibility index (Phi) is 7.17. The molecule has 7 heteroatoms. The molecule has 0 amide bonds. The van der Waals surface area contributed by atoms with Gasteiger partial charge in [-0.3, -0.25) is 0 Å². The SMILES string of the molecule is COc1ccc(OCCSC(F)(F)F)c(CNC(C)C)c1. The van der Waals surface area contributed by atoms with Crippen LogP contribution in [0.2, 0.25) is 0 Å². The number of nitrogens with one attached hydrogen (secondary N) is 1. The molecule has 0 aromatic heterocycles. The lowest BCUT2D eigenvalue weighted by Crippen LogP contribution is -2.22. The maximum atomic E-state index is 12.0. The van der Waals surface area contributed by atoms with Crippen LogP contribution in [0.3, 0.4) is 0 Å². The summed E-state index contributed by atoms with van der Waals surface area (Å²) in [5.41, 5.74) is -3.36. The van der Waals surface area contributed by atoms with Gasteiger partial charge in [-0.15, -0.1) is 0 Å². The normalized spacial score (nSPS) is 11.8. The number of methoxy groups -OCH3 is 1. The minimum atomic E-state index is -4.22. The molecule has 0 saturated heterocycles. The number of ether oxygens (including phenoxy) is 2. The molecule has 0 bridgehead atoms. The molecule has 0 radical (unpaired) electrons. The standard InChI is InChI=1S/C14H20F3NO2S/c1-10(2)18-9-11-8-12(19-3)4-5-13(11)20-6-7-21-14(15,16)17/h4-5,8,10,18H,6-7,9H2,1-3H3. The van der Waals surface area contributed by atoms with Gasteiger partial charge in [0.2, 0.25) is 0 Å². The third kappa shape index (κ3) is 7.47. The largest absolute Gasteiger partial charge is 0.497 e. The Labute approximate surface area is 127 Å². The number of hydrogen-bond acceptors (Lipinski definition) is 4. The van der Waals surface area contributed by atoms with Gasteiger partial charge in [0.05, 0.1) is 13.7 Å². The molecule has 3 nitrogen and oxygen atoms in total. The molecule has 0 aliphatic carbocycles. The lowest BCUT2D eigenvalue weighted by molar-refractivity contribution is -0.0329. The van der Waals surface area contributed by atoms with Crippen molar-refractivity contribution in [2.24, 2.45) is 0 Å². The number of hydrogen-bond donors (Lipinski definition) is 1. The predicted molar refractivity (Wildman–Crippen MR) is 79.0 cm³/mol. The van der Waals surface area contributed by atoms with E-state index in [9.17, 15) is 13.2 Å². The number of benzene rings is 1. The first-order valence-electron chi connectivity index (χ1n) is 6.55. The highest BCUT2D eigenvalue weighted by Crippen LogP contribution is 2.30. The topological polar surface area (TPSA) is 30.5 Å². The molecule has 0 aliphatic heterocycles. The van der Waals surface area contributed by atoms with E-state index in [1.54, 1.807) is 19.2 Å². The fraction of sp³-hybridized carbons (Fsp3) is 0.571. The molecule has 1 aromatic rings. The van der Waals surface area contributed by atoms with E-state index in [2.05, 4.69) is 5.32 Å². The quantitative estimate of drug-likeness (QED) is 0.737. The van der Waals surface area contributed by atoms with Crippen LogP contribution in [0.25, 0.3) is 0 Å². The van der Waals surface area contributed by atoms with Crippen molar-refractivity contribution in [2.45, 2.75) is 31.9 Å². The first-order chi connectivity index (χ1) is 9.81. The smallest absolute Gasteiger partial charge is 0.441 e. The minimum absolute atomic E-state index is 0.00514. The van der Waals surface area contributed by atoms with E-state index in [1.807, 2.05) is 19.9 Å². The van der Waals surface area contributed by atoms with Crippen molar-refractivity contribution in [2.75, 3.05) is 19.5 Å². The maximum Gasteiger partial charge on any atom is 0.441 e. The predicted octanol–water partition coefficient (Wildman–Crippen LogP) is 3.83. The van der Waals surface area contributed by atoms with Crippen LogP contribution in [-0.2, 0) is 6.54 Å². The Morgan fingerprint density at radius 2 is 2.00 bits per heavy atom. The average Bonchev–Trinajstić information content (AvgIpc) is 2.40. The highest BCUT2D eigenvalue weighted by molar-refractivity contribution is 8.00. The van der Waals surface area contributed by atoms with Crippen LogP contribution in [0.4, 0.5) is 13.2 Å². The number of thioether (sulfide) groups is 1. The zero-order valence-corrected chi connectivity index (χ0v) is 13.1. The van der Waals surface area contributed by atoms with E-state index in [0.29, 0.717) is 24.1 Å². The third-order valence-corrected chi connectivity index (χ3v) is 3.27. The van der Waals surface area contributed by atoms with Crippen LogP contribution < -0.4 is 14.8 Å². The van der Waals surface area contributed by atoms with Gasteiger partial charge in [-0.25, -0.2) is 0 Å². The van der Waals surface area contributed by atoms with Crippen molar-refractivity contribution in [3.63, 3.8) is 0 Å². The van der Waals surface area contributed by atoms with Gasteiger partial charge in [0, 0.05) is 23.9 Å². The second-order valence-corrected chi connectivity index (χ2v) is 5.81. The van der Waals surface area contributed by atoms with Gasteiger partial charge in [0.15, 0.2) is 0 Å². The van der Waals surface area contributed by atoms with E-state index in [4.69, 9.17) is 9.47 Å². The molecule has 120 valence electrons. The van der Waals surface area contributed by atoms with E-state index >= 15 is 0 Å². The summed E-state index contributed by atoms with van der Waals surface area (Å²) in [5.74, 6) is 1.13. The first-order valence-corrected chi connectivity index (χ1v) is 7.54. The summed E-state index contributed by atoms with van der Waals surface area (Å²) in [6.07, 6.45) is 0. The highest BCUT2D eigenvalue weighted by atomic mass is 32.2. The van der Waals surface area contributed by atoms with Gasteiger partial charge in [-0.1, -0.05) is 13.8 Å². The maximum absolute atomic E-state index is 12.0. The van der Waals surface area contributed by atoms with E-state index in [1.165, 1.54) is 0 Å². The highest BCUT2D eigenvalue weighted by Gasteiger charge is 2.27. The number of alkyl halides is 3. The van der Waals surface area contributed by atoms with E-state index in [0.717, 1.165) is 5.56 Å². The van der Waals surface area contributed by atoms with Gasteiger partial charge >= 0.3 is 5.51 Å². The Bertz CT molecular complexity index is 439. The zero-order chi connectivity index (χ0) is 15.9.